The zero-order valence-electron chi connectivity index (χ0n) is 29.6. The molecule has 0 radical (unpaired) electrons. The van der Waals surface area contributed by atoms with E-state index >= 15 is 0 Å². The van der Waals surface area contributed by atoms with Gasteiger partial charge in [0.15, 0.2) is 6.19 Å². The molecule has 262 valence electrons. The molecule has 6 rings (SSSR count). The number of carboxylic acid groups (broad SMARTS) is 1. The number of allylic oxidation sites excluding steroid dienone is 4. The maximum atomic E-state index is 11.3. The lowest BCUT2D eigenvalue weighted by Gasteiger charge is -2.00. The highest BCUT2D eigenvalue weighted by Gasteiger charge is 2.07. The summed E-state index contributed by atoms with van der Waals surface area (Å²) in [6.45, 7) is 7.76. The third kappa shape index (κ3) is 10.7. The Kier molecular flexibility index (Phi) is 13.5. The van der Waals surface area contributed by atoms with E-state index in [1.807, 2.05) is 73.3 Å². The lowest BCUT2D eigenvalue weighted by Crippen LogP contribution is -2.14. The van der Waals surface area contributed by atoms with Crippen LogP contribution in [0.25, 0.3) is 50.1 Å². The van der Waals surface area contributed by atoms with Gasteiger partial charge in [-0.15, -0.1) is 0 Å². The van der Waals surface area contributed by atoms with Crippen molar-refractivity contribution in [2.75, 3.05) is 0 Å². The molecule has 0 spiro atoms. The summed E-state index contributed by atoms with van der Waals surface area (Å²) in [5, 5.41) is 19.1. The fourth-order valence-corrected chi connectivity index (χ4v) is 5.10. The summed E-state index contributed by atoms with van der Waals surface area (Å²) in [7, 11) is 2.08. The number of aliphatic carboxylic acids is 1. The number of amides is 1. The average Bonchev–Trinajstić information content (AvgIpc) is 3.94. The van der Waals surface area contributed by atoms with Crippen LogP contribution in [0.1, 0.15) is 44.8 Å². The third-order valence-corrected chi connectivity index (χ3v) is 7.97. The van der Waals surface area contributed by atoms with E-state index in [1.165, 1.54) is 34.5 Å². The van der Waals surface area contributed by atoms with E-state index in [1.54, 1.807) is 44.8 Å². The molecular formula is C41H40N8O3. The summed E-state index contributed by atoms with van der Waals surface area (Å²) in [6.07, 6.45) is 22.7. The van der Waals surface area contributed by atoms with Crippen LogP contribution < -0.4 is 5.32 Å². The number of hydrogen-bond acceptors (Lipinski definition) is 6. The molecule has 0 aromatic carbocycles. The quantitative estimate of drug-likeness (QED) is 0.0710. The standard InChI is InChI=1S/C14H12N4O.C14H16N2.C13H12N2O2/c1-10(6-14(19)18-9-15)13-7-12(8-17-13)11-2-4-16-5-3-11;1-4-11(2)14-9-13(10-16(14)3)12-5-7-15-8-6-12;1-9(6-13(16)17)12-7-11(8-15-12)10-2-4-14-5-3-10/h2-8,17H,1H3,(H,18,19);4-10H,1-3H3;2-8,15H,1H3,(H,16,17)/b10-6-;11-4-;9-6-. The lowest BCUT2D eigenvalue weighted by molar-refractivity contribution is -0.131. The van der Waals surface area contributed by atoms with Crippen molar-refractivity contribution in [1.82, 2.24) is 34.8 Å². The molecule has 0 atom stereocenters. The van der Waals surface area contributed by atoms with Gasteiger partial charge in [-0.2, -0.15) is 5.26 Å². The van der Waals surface area contributed by atoms with Crippen molar-refractivity contribution in [2.45, 2.75) is 27.7 Å². The van der Waals surface area contributed by atoms with E-state index in [-0.39, 0.29) is 0 Å². The van der Waals surface area contributed by atoms with Gasteiger partial charge in [0.05, 0.1) is 0 Å². The minimum Gasteiger partial charge on any atom is -0.478 e. The van der Waals surface area contributed by atoms with Crippen molar-refractivity contribution in [3.8, 4) is 39.6 Å². The number of nitrogens with one attached hydrogen (secondary N) is 3. The van der Waals surface area contributed by atoms with Crippen LogP contribution in [0.5, 0.6) is 0 Å². The molecule has 1 amide bonds. The summed E-state index contributed by atoms with van der Waals surface area (Å²) in [6, 6.07) is 17.8. The molecule has 6 aromatic rings. The monoisotopic (exact) mass is 692 g/mol. The number of pyridine rings is 3. The molecule has 0 saturated carbocycles. The third-order valence-electron chi connectivity index (χ3n) is 7.97. The second kappa shape index (κ2) is 18.6. The van der Waals surface area contributed by atoms with Crippen LogP contribution in [-0.2, 0) is 16.6 Å². The maximum Gasteiger partial charge on any atom is 0.328 e. The molecule has 0 aliphatic carbocycles. The Balaban J connectivity index is 0.000000175. The summed E-state index contributed by atoms with van der Waals surface area (Å²) in [4.78, 5) is 39.9. The van der Waals surface area contributed by atoms with Crippen molar-refractivity contribution in [2.24, 2.45) is 7.05 Å². The number of aromatic amines is 2. The van der Waals surface area contributed by atoms with Crippen molar-refractivity contribution in [3.05, 3.63) is 146 Å². The SMILES string of the molecule is C/C(=C/C(=O)NC#N)c1cc(-c2ccncc2)c[nH]1.C/C(=C/C(=O)O)c1cc(-c2ccncc2)c[nH]1.C/C=C(/C)c1cc(-c2ccncc2)cn1C. The number of carbonyl (C=O) groups excluding carboxylic acids is 1. The van der Waals surface area contributed by atoms with Crippen LogP contribution in [0.2, 0.25) is 0 Å². The molecule has 4 N–H and O–H groups in total. The first-order valence-corrected chi connectivity index (χ1v) is 16.3. The Morgan fingerprint density at radius 3 is 1.58 bits per heavy atom. The predicted octanol–water partition coefficient (Wildman–Crippen LogP) is 8.15. The van der Waals surface area contributed by atoms with Gasteiger partial charge < -0.3 is 19.6 Å². The second-order valence-electron chi connectivity index (χ2n) is 11.6. The Labute approximate surface area is 302 Å². The number of rotatable bonds is 8. The Morgan fingerprint density at radius 1 is 0.712 bits per heavy atom. The van der Waals surface area contributed by atoms with Crippen molar-refractivity contribution >= 4 is 28.6 Å². The van der Waals surface area contributed by atoms with E-state index in [4.69, 9.17) is 10.4 Å². The molecule has 6 aromatic heterocycles. The van der Waals surface area contributed by atoms with Gasteiger partial charge in [-0.25, -0.2) is 4.79 Å². The van der Waals surface area contributed by atoms with E-state index in [0.717, 1.165) is 39.2 Å². The van der Waals surface area contributed by atoms with Crippen molar-refractivity contribution < 1.29 is 14.7 Å². The van der Waals surface area contributed by atoms with Gasteiger partial charge in [0, 0.05) is 97.6 Å². The topological polar surface area (TPSA) is 165 Å². The molecule has 6 heterocycles. The molecule has 0 bridgehead atoms. The van der Waals surface area contributed by atoms with Gasteiger partial charge in [-0.3, -0.25) is 25.1 Å². The van der Waals surface area contributed by atoms with Gasteiger partial charge in [-0.05, 0) is 127 Å². The molecule has 0 aliphatic heterocycles. The van der Waals surface area contributed by atoms with Gasteiger partial charge in [0.1, 0.15) is 0 Å². The Hall–Kier alpha value is -7.06. The van der Waals surface area contributed by atoms with Crippen LogP contribution in [-0.4, -0.2) is 46.5 Å². The first kappa shape index (κ1) is 37.8. The van der Waals surface area contributed by atoms with Crippen LogP contribution in [0.3, 0.4) is 0 Å². The first-order valence-electron chi connectivity index (χ1n) is 16.3. The molecule has 0 aliphatic rings. The molecular weight excluding hydrogens is 653 g/mol. The molecule has 52 heavy (non-hydrogen) atoms. The Morgan fingerprint density at radius 2 is 1.15 bits per heavy atom. The maximum absolute atomic E-state index is 11.3. The number of carbonyl (C=O) groups is 2. The predicted molar refractivity (Wildman–Crippen MR) is 205 cm³/mol. The second-order valence-corrected chi connectivity index (χ2v) is 11.6. The molecule has 11 nitrogen and oxygen atoms in total. The summed E-state index contributed by atoms with van der Waals surface area (Å²) in [5.41, 5.74) is 12.2. The highest BCUT2D eigenvalue weighted by molar-refractivity contribution is 5.95. The number of carboxylic acids is 1. The van der Waals surface area contributed by atoms with E-state index in [9.17, 15) is 9.59 Å². The van der Waals surface area contributed by atoms with E-state index < -0.39 is 11.9 Å². The van der Waals surface area contributed by atoms with Gasteiger partial charge in [0.2, 0.25) is 0 Å². The summed E-state index contributed by atoms with van der Waals surface area (Å²) >= 11 is 0. The molecule has 0 unspecified atom stereocenters. The minimum atomic E-state index is -0.942. The van der Waals surface area contributed by atoms with Crippen LogP contribution in [0, 0.1) is 11.5 Å². The highest BCUT2D eigenvalue weighted by atomic mass is 16.4. The molecule has 0 saturated heterocycles. The lowest BCUT2D eigenvalue weighted by atomic mass is 10.1. The number of H-pyrrole nitrogens is 2. The first-order chi connectivity index (χ1) is 25.1. The minimum absolute atomic E-state index is 0.430. The summed E-state index contributed by atoms with van der Waals surface area (Å²) in [5.74, 6) is -1.37. The van der Waals surface area contributed by atoms with Gasteiger partial charge >= 0.3 is 5.97 Å². The average molecular weight is 693 g/mol. The number of aromatic nitrogens is 6. The number of nitriles is 1. The molecule has 11 heteroatoms. The number of nitrogens with zero attached hydrogens (tertiary/aromatic N) is 5. The normalized spacial score (nSPS) is 11.3. The largest absolute Gasteiger partial charge is 0.478 e. The summed E-state index contributed by atoms with van der Waals surface area (Å²) < 4.78 is 2.16. The molecule has 0 fully saturated rings. The fourth-order valence-electron chi connectivity index (χ4n) is 5.10. The van der Waals surface area contributed by atoms with Gasteiger partial charge in [0.25, 0.3) is 5.91 Å². The smallest absolute Gasteiger partial charge is 0.328 e. The van der Waals surface area contributed by atoms with Crippen molar-refractivity contribution in [3.63, 3.8) is 0 Å². The van der Waals surface area contributed by atoms with E-state index in [0.29, 0.717) is 5.57 Å². The van der Waals surface area contributed by atoms with Crippen molar-refractivity contribution in [1.29, 1.82) is 5.26 Å². The van der Waals surface area contributed by atoms with Gasteiger partial charge in [-0.1, -0.05) is 6.08 Å². The number of aryl methyl sites for hydroxylation is 1. The van der Waals surface area contributed by atoms with E-state index in [2.05, 4.69) is 74.0 Å². The fraction of sp³-hybridized carbons (Fsp3) is 0.122. The Bertz CT molecular complexity index is 2220. The van der Waals surface area contributed by atoms with Crippen LogP contribution in [0.4, 0.5) is 0 Å². The zero-order valence-corrected chi connectivity index (χ0v) is 29.6. The zero-order chi connectivity index (χ0) is 37.5. The highest BCUT2D eigenvalue weighted by Crippen LogP contribution is 2.26. The van der Waals surface area contributed by atoms with Crippen LogP contribution in [0.15, 0.2) is 129 Å². The number of hydrogen-bond donors (Lipinski definition) is 4. The van der Waals surface area contributed by atoms with Crippen LogP contribution >= 0.6 is 0 Å².